The normalized spacial score (nSPS) is 11.2. The highest BCUT2D eigenvalue weighted by atomic mass is 16.5. The maximum atomic E-state index is 5.52. The summed E-state index contributed by atoms with van der Waals surface area (Å²) in [6.07, 6.45) is 5.48. The topological polar surface area (TPSA) is 21.3 Å². The molecule has 2 heteroatoms. The molecule has 0 aliphatic heterocycles. The first-order chi connectivity index (χ1) is 8.65. The first-order valence-corrected chi connectivity index (χ1v) is 6.69. The van der Waals surface area contributed by atoms with E-state index in [1.54, 1.807) is 7.11 Å². The van der Waals surface area contributed by atoms with Crippen LogP contribution in [-0.2, 0) is 6.54 Å². The van der Waals surface area contributed by atoms with Crippen LogP contribution in [0.15, 0.2) is 12.1 Å². The first-order valence-electron chi connectivity index (χ1n) is 6.69. The van der Waals surface area contributed by atoms with E-state index in [-0.39, 0.29) is 0 Å². The number of ether oxygens (including phenoxy) is 1. The van der Waals surface area contributed by atoms with E-state index in [1.807, 2.05) is 0 Å². The largest absolute Gasteiger partial charge is 0.496 e. The Morgan fingerprint density at radius 3 is 2.56 bits per heavy atom. The zero-order chi connectivity index (χ0) is 13.5. The molecule has 0 atom stereocenters. The van der Waals surface area contributed by atoms with E-state index in [9.17, 15) is 0 Å². The fraction of sp³-hybridized carbons (Fsp3) is 0.500. The van der Waals surface area contributed by atoms with Gasteiger partial charge in [0.25, 0.3) is 0 Å². The van der Waals surface area contributed by atoms with Gasteiger partial charge in [-0.3, -0.25) is 0 Å². The van der Waals surface area contributed by atoms with Crippen LogP contribution >= 0.6 is 0 Å². The smallest absolute Gasteiger partial charge is 0.124 e. The van der Waals surface area contributed by atoms with Crippen LogP contribution in [-0.4, -0.2) is 13.7 Å². The highest BCUT2D eigenvalue weighted by Crippen LogP contribution is 2.29. The van der Waals surface area contributed by atoms with Crippen LogP contribution in [0.4, 0.5) is 0 Å². The second-order valence-corrected chi connectivity index (χ2v) is 4.50. The average molecular weight is 247 g/mol. The number of methoxy groups -OCH3 is 1. The summed E-state index contributed by atoms with van der Waals surface area (Å²) >= 11 is 0. The van der Waals surface area contributed by atoms with Gasteiger partial charge < -0.3 is 10.1 Å². The van der Waals surface area contributed by atoms with Crippen molar-refractivity contribution in [1.29, 1.82) is 0 Å². The van der Waals surface area contributed by atoms with E-state index >= 15 is 0 Å². The van der Waals surface area contributed by atoms with Crippen molar-refractivity contribution in [2.75, 3.05) is 13.7 Å². The monoisotopic (exact) mass is 247 g/mol. The molecule has 0 aliphatic rings. The molecule has 0 fully saturated rings. The molecule has 0 unspecified atom stereocenters. The van der Waals surface area contributed by atoms with Crippen molar-refractivity contribution < 1.29 is 4.74 Å². The number of nitrogens with one attached hydrogen (secondary N) is 1. The van der Waals surface area contributed by atoms with Gasteiger partial charge in [0.2, 0.25) is 0 Å². The molecule has 0 amide bonds. The summed E-state index contributed by atoms with van der Waals surface area (Å²) in [7, 11) is 1.74. The molecule has 1 N–H and O–H groups in total. The number of hydrogen-bond acceptors (Lipinski definition) is 2. The molecular formula is C16H25NO. The molecular weight excluding hydrogens is 222 g/mol. The lowest BCUT2D eigenvalue weighted by atomic mass is 9.95. The first kappa shape index (κ1) is 14.8. The fourth-order valence-electron chi connectivity index (χ4n) is 2.04. The van der Waals surface area contributed by atoms with Crippen molar-refractivity contribution >= 4 is 6.08 Å². The molecule has 100 valence electrons. The van der Waals surface area contributed by atoms with Gasteiger partial charge in [-0.25, -0.2) is 0 Å². The van der Waals surface area contributed by atoms with Crippen molar-refractivity contribution in [3.8, 4) is 5.75 Å². The van der Waals surface area contributed by atoms with Gasteiger partial charge in [0.05, 0.1) is 7.11 Å². The lowest BCUT2D eigenvalue weighted by Gasteiger charge is -2.17. The molecule has 2 nitrogen and oxygen atoms in total. The standard InChI is InChI=1S/C16H25NO/c1-6-8-9-14-13(4)12(3)10-16(18-5)15(14)11-17-7-2/h8-10,17H,6-7,11H2,1-5H3/b9-8-. The summed E-state index contributed by atoms with van der Waals surface area (Å²) in [6.45, 7) is 10.4. The number of rotatable bonds is 6. The van der Waals surface area contributed by atoms with Gasteiger partial charge in [0, 0.05) is 12.1 Å². The summed E-state index contributed by atoms with van der Waals surface area (Å²) in [5.41, 5.74) is 5.18. The molecule has 0 aromatic heterocycles. The van der Waals surface area contributed by atoms with Gasteiger partial charge in [-0.05, 0) is 49.6 Å². The van der Waals surface area contributed by atoms with Crippen molar-refractivity contribution in [1.82, 2.24) is 5.32 Å². The average Bonchev–Trinajstić information content (AvgIpc) is 2.38. The molecule has 0 bridgehead atoms. The van der Waals surface area contributed by atoms with E-state index in [2.05, 4.69) is 51.2 Å². The maximum absolute atomic E-state index is 5.52. The summed E-state index contributed by atoms with van der Waals surface area (Å²) in [5, 5.41) is 3.39. The highest BCUT2D eigenvalue weighted by molar-refractivity contribution is 5.63. The lowest BCUT2D eigenvalue weighted by Crippen LogP contribution is -2.14. The minimum Gasteiger partial charge on any atom is -0.496 e. The predicted octanol–water partition coefficient (Wildman–Crippen LogP) is 3.84. The molecule has 0 heterocycles. The number of benzene rings is 1. The third-order valence-electron chi connectivity index (χ3n) is 3.26. The Balaban J connectivity index is 3.30. The van der Waals surface area contributed by atoms with Crippen LogP contribution in [0.1, 0.15) is 42.5 Å². The van der Waals surface area contributed by atoms with Crippen molar-refractivity contribution in [3.05, 3.63) is 34.4 Å². The van der Waals surface area contributed by atoms with Crippen LogP contribution in [0, 0.1) is 13.8 Å². The van der Waals surface area contributed by atoms with Gasteiger partial charge in [-0.2, -0.15) is 0 Å². The van der Waals surface area contributed by atoms with Crippen LogP contribution in [0.5, 0.6) is 5.75 Å². The van der Waals surface area contributed by atoms with Gasteiger partial charge in [0.1, 0.15) is 5.75 Å². The third-order valence-corrected chi connectivity index (χ3v) is 3.26. The third kappa shape index (κ3) is 3.36. The second kappa shape index (κ2) is 7.22. The van der Waals surface area contributed by atoms with Crippen LogP contribution < -0.4 is 10.1 Å². The zero-order valence-corrected chi connectivity index (χ0v) is 12.3. The van der Waals surface area contributed by atoms with Gasteiger partial charge in [0.15, 0.2) is 0 Å². The Morgan fingerprint density at radius 1 is 1.28 bits per heavy atom. The van der Waals surface area contributed by atoms with E-state index in [0.29, 0.717) is 0 Å². The molecule has 18 heavy (non-hydrogen) atoms. The minimum atomic E-state index is 0.851. The Bertz CT molecular complexity index is 422. The Labute approximate surface area is 111 Å². The van der Waals surface area contributed by atoms with E-state index < -0.39 is 0 Å². The molecule has 0 aliphatic carbocycles. The zero-order valence-electron chi connectivity index (χ0n) is 12.3. The lowest BCUT2D eigenvalue weighted by molar-refractivity contribution is 0.407. The number of allylic oxidation sites excluding steroid dienone is 1. The molecule has 0 radical (unpaired) electrons. The number of hydrogen-bond donors (Lipinski definition) is 1. The number of aryl methyl sites for hydroxylation is 1. The Morgan fingerprint density at radius 2 is 2.00 bits per heavy atom. The van der Waals surface area contributed by atoms with Gasteiger partial charge >= 0.3 is 0 Å². The quantitative estimate of drug-likeness (QED) is 0.824. The van der Waals surface area contributed by atoms with Gasteiger partial charge in [-0.1, -0.05) is 26.0 Å². The van der Waals surface area contributed by atoms with Crippen LogP contribution in [0.25, 0.3) is 6.08 Å². The molecule has 1 aromatic carbocycles. The Hall–Kier alpha value is -1.28. The maximum Gasteiger partial charge on any atom is 0.124 e. The van der Waals surface area contributed by atoms with E-state index in [0.717, 1.165) is 25.3 Å². The van der Waals surface area contributed by atoms with Gasteiger partial charge in [-0.15, -0.1) is 0 Å². The minimum absolute atomic E-state index is 0.851. The highest BCUT2D eigenvalue weighted by Gasteiger charge is 2.12. The van der Waals surface area contributed by atoms with E-state index in [4.69, 9.17) is 4.74 Å². The summed E-state index contributed by atoms with van der Waals surface area (Å²) in [4.78, 5) is 0. The van der Waals surface area contributed by atoms with Crippen molar-refractivity contribution in [2.45, 2.75) is 40.7 Å². The second-order valence-electron chi connectivity index (χ2n) is 4.50. The molecule has 0 spiro atoms. The van der Waals surface area contributed by atoms with E-state index in [1.165, 1.54) is 22.3 Å². The SMILES string of the molecule is CC/C=C\c1c(C)c(C)cc(OC)c1CNCC. The van der Waals surface area contributed by atoms with Crippen LogP contribution in [0.2, 0.25) is 0 Å². The summed E-state index contributed by atoms with van der Waals surface area (Å²) in [6, 6.07) is 2.13. The van der Waals surface area contributed by atoms with Crippen LogP contribution in [0.3, 0.4) is 0 Å². The van der Waals surface area contributed by atoms with Crippen molar-refractivity contribution in [2.24, 2.45) is 0 Å². The molecule has 0 saturated heterocycles. The molecule has 0 saturated carbocycles. The molecule has 1 aromatic rings. The predicted molar refractivity (Wildman–Crippen MR) is 79.2 cm³/mol. The fourth-order valence-corrected chi connectivity index (χ4v) is 2.04. The molecule has 1 rings (SSSR count). The van der Waals surface area contributed by atoms with Crippen molar-refractivity contribution in [3.63, 3.8) is 0 Å². The summed E-state index contributed by atoms with van der Waals surface area (Å²) < 4.78 is 5.52. The Kier molecular flexibility index (Phi) is 5.93. The summed E-state index contributed by atoms with van der Waals surface area (Å²) in [5.74, 6) is 0.981.